The molecule has 0 saturated carbocycles. The van der Waals surface area contributed by atoms with Crippen LogP contribution in [0.15, 0.2) is 0 Å². The maximum absolute atomic E-state index is 12.9. The van der Waals surface area contributed by atoms with Gasteiger partial charge >= 0.3 is 0 Å². The molecule has 1 atom stereocenters. The van der Waals surface area contributed by atoms with Gasteiger partial charge in [-0.1, -0.05) is 129 Å². The van der Waals surface area contributed by atoms with Gasteiger partial charge in [-0.25, -0.2) is 0 Å². The van der Waals surface area contributed by atoms with Gasteiger partial charge in [0.05, 0.1) is 13.1 Å². The first-order chi connectivity index (χ1) is 17.7. The van der Waals surface area contributed by atoms with Gasteiger partial charge in [0.1, 0.15) is 0 Å². The Hall–Kier alpha value is -1.10. The van der Waals surface area contributed by atoms with Crippen molar-refractivity contribution in [3.63, 3.8) is 0 Å². The molecule has 1 aliphatic heterocycles. The van der Waals surface area contributed by atoms with Crippen molar-refractivity contribution in [1.82, 2.24) is 10.2 Å². The summed E-state index contributed by atoms with van der Waals surface area (Å²) in [5, 5.41) is 5.02. The third-order valence-corrected chi connectivity index (χ3v) is 7.84. The van der Waals surface area contributed by atoms with Gasteiger partial charge in [0, 0.05) is 25.9 Å². The minimum Gasteiger partial charge on any atom is -0.342 e. The van der Waals surface area contributed by atoms with Crippen LogP contribution in [0, 0.1) is 0 Å². The molecule has 0 radical (unpaired) electrons. The number of rotatable bonds is 25. The number of carbonyl (C=O) groups excluding carboxylic acids is 2. The summed E-state index contributed by atoms with van der Waals surface area (Å²) in [5.74, 6) is 0.145. The molecule has 2 amide bonds. The predicted octanol–water partition coefficient (Wildman–Crippen LogP) is 6.50. The molecule has 0 aromatic carbocycles. The summed E-state index contributed by atoms with van der Waals surface area (Å²) in [6.07, 6.45) is 28.2. The van der Waals surface area contributed by atoms with Crippen molar-refractivity contribution in [1.29, 1.82) is 0 Å². The van der Waals surface area contributed by atoms with Crippen LogP contribution >= 0.6 is 0 Å². The molecule has 0 aliphatic carbocycles. The van der Waals surface area contributed by atoms with Crippen molar-refractivity contribution < 1.29 is 14.9 Å². The zero-order chi connectivity index (χ0) is 26.1. The first-order valence-electron chi connectivity index (χ1n) is 16.1. The molecule has 1 fully saturated rings. The fourth-order valence-corrected chi connectivity index (χ4v) is 5.36. The van der Waals surface area contributed by atoms with Gasteiger partial charge in [0.15, 0.2) is 6.04 Å². The Kier molecular flexibility index (Phi) is 22.2. The quantitative estimate of drug-likeness (QED) is 0.138. The van der Waals surface area contributed by atoms with E-state index < -0.39 is 0 Å². The van der Waals surface area contributed by atoms with E-state index in [-0.39, 0.29) is 24.4 Å². The fraction of sp³-hybridized carbons (Fsp3) is 0.935. The summed E-state index contributed by atoms with van der Waals surface area (Å²) in [4.78, 5) is 27.3. The maximum Gasteiger partial charge on any atom is 0.278 e. The molecule has 0 bridgehead atoms. The molecule has 1 heterocycles. The number of amides is 2. The van der Waals surface area contributed by atoms with Crippen LogP contribution in [0.2, 0.25) is 0 Å². The van der Waals surface area contributed by atoms with Gasteiger partial charge in [-0.2, -0.15) is 0 Å². The highest BCUT2D eigenvalue weighted by Gasteiger charge is 2.26. The summed E-state index contributed by atoms with van der Waals surface area (Å²) < 4.78 is 0. The number of hydrogen-bond acceptors (Lipinski definition) is 2. The van der Waals surface area contributed by atoms with E-state index in [1.807, 2.05) is 4.90 Å². The van der Waals surface area contributed by atoms with Crippen LogP contribution < -0.4 is 10.6 Å². The van der Waals surface area contributed by atoms with E-state index in [4.69, 9.17) is 0 Å². The van der Waals surface area contributed by atoms with Crippen molar-refractivity contribution in [2.75, 3.05) is 26.2 Å². The van der Waals surface area contributed by atoms with Gasteiger partial charge in [0.25, 0.3) is 5.91 Å². The minimum atomic E-state index is 0.00944. The molecule has 0 aromatic heterocycles. The molecule has 5 nitrogen and oxygen atoms in total. The van der Waals surface area contributed by atoms with Gasteiger partial charge < -0.3 is 15.5 Å². The molecule has 1 aliphatic rings. The highest BCUT2D eigenvalue weighted by molar-refractivity contribution is 5.86. The van der Waals surface area contributed by atoms with Crippen LogP contribution in [-0.2, 0) is 9.59 Å². The average molecular weight is 509 g/mol. The lowest BCUT2D eigenvalue weighted by molar-refractivity contribution is -0.657. The van der Waals surface area contributed by atoms with E-state index in [9.17, 15) is 9.59 Å². The standard InChI is InChI=1S/C31H61N3O2/c1-3-5-7-9-11-13-15-17-19-21-26-34(27-22-20-18-16-14-12-10-8-6-4-2)30(35)28-33-31(36)29-24-23-25-32-29/h29,32H,3-28H2,1-2H3,(H,33,36)/p+1/t29-/m0/s1. The molecule has 1 rings (SSSR count). The number of nitrogens with one attached hydrogen (secondary N) is 1. The number of nitrogens with zero attached hydrogens (tertiary/aromatic N) is 1. The second-order valence-corrected chi connectivity index (χ2v) is 11.2. The zero-order valence-electron chi connectivity index (χ0n) is 24.3. The second-order valence-electron chi connectivity index (χ2n) is 11.2. The molecule has 212 valence electrons. The summed E-state index contributed by atoms with van der Waals surface area (Å²) in [7, 11) is 0. The Labute approximate surface area is 224 Å². The van der Waals surface area contributed by atoms with Crippen LogP contribution in [0.1, 0.15) is 155 Å². The van der Waals surface area contributed by atoms with Crippen LogP contribution in [0.5, 0.6) is 0 Å². The molecule has 3 N–H and O–H groups in total. The van der Waals surface area contributed by atoms with E-state index >= 15 is 0 Å². The summed E-state index contributed by atoms with van der Waals surface area (Å²) >= 11 is 0. The Morgan fingerprint density at radius 2 is 1.08 bits per heavy atom. The third kappa shape index (κ3) is 18.2. The van der Waals surface area contributed by atoms with Crippen molar-refractivity contribution in [2.24, 2.45) is 0 Å². The van der Waals surface area contributed by atoms with Crippen molar-refractivity contribution in [2.45, 2.75) is 161 Å². The van der Waals surface area contributed by atoms with E-state index in [1.54, 1.807) is 0 Å². The lowest BCUT2D eigenvalue weighted by Gasteiger charge is -2.23. The van der Waals surface area contributed by atoms with Crippen LogP contribution in [0.3, 0.4) is 0 Å². The minimum absolute atomic E-state index is 0.00944. The molecule has 0 spiro atoms. The Morgan fingerprint density at radius 1 is 0.667 bits per heavy atom. The fourth-order valence-electron chi connectivity index (χ4n) is 5.36. The number of carbonyl (C=O) groups is 2. The monoisotopic (exact) mass is 508 g/mol. The summed E-state index contributed by atoms with van der Waals surface area (Å²) in [5.41, 5.74) is 0. The first kappa shape index (κ1) is 32.9. The topological polar surface area (TPSA) is 66.0 Å². The second kappa shape index (κ2) is 24.2. The van der Waals surface area contributed by atoms with Crippen LogP contribution in [0.4, 0.5) is 0 Å². The Morgan fingerprint density at radius 3 is 1.47 bits per heavy atom. The van der Waals surface area contributed by atoms with E-state index in [0.29, 0.717) is 0 Å². The molecule has 0 aromatic rings. The van der Waals surface area contributed by atoms with E-state index in [1.165, 1.54) is 116 Å². The lowest BCUT2D eigenvalue weighted by Crippen LogP contribution is -2.89. The molecular formula is C31H62N3O2+. The maximum atomic E-state index is 12.9. The number of quaternary nitrogens is 1. The largest absolute Gasteiger partial charge is 0.342 e. The molecule has 36 heavy (non-hydrogen) atoms. The SMILES string of the molecule is CCCCCCCCCCCCN(CCCCCCCCCCCC)C(=O)CNC(=O)[C@@H]1CCC[NH2+]1. The van der Waals surface area contributed by atoms with Crippen molar-refractivity contribution in [3.8, 4) is 0 Å². The molecule has 1 saturated heterocycles. The van der Waals surface area contributed by atoms with Crippen LogP contribution in [-0.4, -0.2) is 48.9 Å². The van der Waals surface area contributed by atoms with Gasteiger partial charge in [-0.15, -0.1) is 0 Å². The lowest BCUT2D eigenvalue weighted by atomic mass is 10.1. The van der Waals surface area contributed by atoms with Gasteiger partial charge in [-0.05, 0) is 12.8 Å². The summed E-state index contributed by atoms with van der Waals surface area (Å²) in [6, 6.07) is 0.00944. The number of hydrogen-bond donors (Lipinski definition) is 2. The normalized spacial score (nSPS) is 15.3. The van der Waals surface area contributed by atoms with E-state index in [2.05, 4.69) is 24.5 Å². The predicted molar refractivity (Wildman–Crippen MR) is 153 cm³/mol. The van der Waals surface area contributed by atoms with Crippen molar-refractivity contribution >= 4 is 11.8 Å². The molecular weight excluding hydrogens is 446 g/mol. The third-order valence-electron chi connectivity index (χ3n) is 7.84. The van der Waals surface area contributed by atoms with E-state index in [0.717, 1.165) is 45.3 Å². The molecule has 0 unspecified atom stereocenters. The van der Waals surface area contributed by atoms with Crippen LogP contribution in [0.25, 0.3) is 0 Å². The van der Waals surface area contributed by atoms with Gasteiger partial charge in [-0.3, -0.25) is 9.59 Å². The number of nitrogens with two attached hydrogens (primary N) is 1. The Balaban J connectivity index is 2.23. The highest BCUT2D eigenvalue weighted by Crippen LogP contribution is 2.13. The zero-order valence-corrected chi connectivity index (χ0v) is 24.3. The number of unbranched alkanes of at least 4 members (excludes halogenated alkanes) is 18. The van der Waals surface area contributed by atoms with Gasteiger partial charge in [0.2, 0.25) is 5.91 Å². The highest BCUT2D eigenvalue weighted by atomic mass is 16.2. The average Bonchev–Trinajstić information content (AvgIpc) is 3.43. The van der Waals surface area contributed by atoms with Crippen molar-refractivity contribution in [3.05, 3.63) is 0 Å². The smallest absolute Gasteiger partial charge is 0.278 e. The first-order valence-corrected chi connectivity index (χ1v) is 16.1. The Bertz CT molecular complexity index is 496. The summed E-state index contributed by atoms with van der Waals surface area (Å²) in [6.45, 7) is 7.42. The molecule has 5 heteroatoms.